The van der Waals surface area contributed by atoms with Crippen LogP contribution in [0.5, 0.6) is 5.75 Å². The number of benzene rings is 1. The van der Waals surface area contributed by atoms with Gasteiger partial charge in [0.15, 0.2) is 4.32 Å². The summed E-state index contributed by atoms with van der Waals surface area (Å²) in [4.78, 5) is 18.7. The van der Waals surface area contributed by atoms with E-state index in [-0.39, 0.29) is 5.91 Å². The minimum atomic E-state index is -0.0450. The predicted octanol–water partition coefficient (Wildman–Crippen LogP) is 0.732. The molecule has 0 aliphatic carbocycles. The molecule has 2 saturated heterocycles. The average molecular weight is 350 g/mol. The highest BCUT2D eigenvalue weighted by Crippen LogP contribution is 2.35. The van der Waals surface area contributed by atoms with Crippen LogP contribution in [0.1, 0.15) is 0 Å². The summed E-state index contributed by atoms with van der Waals surface area (Å²) < 4.78 is 5.73. The molecule has 1 N–H and O–H groups in total. The van der Waals surface area contributed by atoms with E-state index in [1.165, 1.54) is 16.7 Å². The molecule has 0 unspecified atom stereocenters. The van der Waals surface area contributed by atoms with E-state index in [0.717, 1.165) is 37.6 Å². The van der Waals surface area contributed by atoms with Gasteiger partial charge in [-0.25, -0.2) is 0 Å². The summed E-state index contributed by atoms with van der Waals surface area (Å²) >= 11 is 6.77. The highest BCUT2D eigenvalue weighted by molar-refractivity contribution is 8.27. The van der Waals surface area contributed by atoms with Crippen LogP contribution in [0.25, 0.3) is 0 Å². The highest BCUT2D eigenvalue weighted by atomic mass is 32.2. The number of methoxy groups -OCH3 is 1. The molecule has 0 aromatic heterocycles. The first-order chi connectivity index (χ1) is 11.1. The van der Waals surface area contributed by atoms with E-state index in [0.29, 0.717) is 9.23 Å². The second kappa shape index (κ2) is 6.90. The van der Waals surface area contributed by atoms with E-state index in [1.807, 2.05) is 30.5 Å². The molecule has 122 valence electrons. The van der Waals surface area contributed by atoms with Crippen molar-refractivity contribution in [3.05, 3.63) is 35.4 Å². The number of ether oxygens (including phenoxy) is 1. The van der Waals surface area contributed by atoms with Gasteiger partial charge in [0.25, 0.3) is 5.91 Å². The quantitative estimate of drug-likeness (QED) is 0.643. The van der Waals surface area contributed by atoms with Gasteiger partial charge in [0.1, 0.15) is 5.75 Å². The molecule has 0 saturated carbocycles. The van der Waals surface area contributed by atoms with Crippen molar-refractivity contribution in [1.82, 2.24) is 4.90 Å². The summed E-state index contributed by atoms with van der Waals surface area (Å²) in [5, 5.41) is 0. The Kier molecular flexibility index (Phi) is 4.89. The summed E-state index contributed by atoms with van der Waals surface area (Å²) in [7, 11) is 3.82. The maximum absolute atomic E-state index is 12.7. The molecule has 3 rings (SSSR count). The number of piperazine rings is 1. The van der Waals surface area contributed by atoms with Gasteiger partial charge in [-0.05, 0) is 24.3 Å². The van der Waals surface area contributed by atoms with Crippen LogP contribution >= 0.6 is 24.0 Å². The smallest absolute Gasteiger partial charge is 0.272 e. The molecule has 0 bridgehead atoms. The van der Waals surface area contributed by atoms with E-state index >= 15 is 0 Å². The zero-order chi connectivity index (χ0) is 16.4. The van der Waals surface area contributed by atoms with Crippen molar-refractivity contribution >= 4 is 39.9 Å². The maximum atomic E-state index is 12.7. The van der Waals surface area contributed by atoms with Crippen molar-refractivity contribution < 1.29 is 14.4 Å². The topological polar surface area (TPSA) is 37.2 Å². The van der Waals surface area contributed by atoms with Crippen molar-refractivity contribution in [2.75, 3.05) is 45.2 Å². The largest absolute Gasteiger partial charge is 0.497 e. The fraction of sp³-hybridized carbons (Fsp3) is 0.375. The van der Waals surface area contributed by atoms with E-state index in [9.17, 15) is 4.79 Å². The summed E-state index contributed by atoms with van der Waals surface area (Å²) in [5.74, 6) is 0.714. The average Bonchev–Trinajstić information content (AvgIpc) is 2.84. The van der Waals surface area contributed by atoms with Crippen molar-refractivity contribution in [2.45, 2.75) is 0 Å². The molecule has 0 spiro atoms. The lowest BCUT2D eigenvalue weighted by Crippen LogP contribution is -3.11. The van der Waals surface area contributed by atoms with Crippen LogP contribution in [-0.2, 0) is 4.79 Å². The zero-order valence-electron chi connectivity index (χ0n) is 13.2. The Morgan fingerprint density at radius 2 is 1.91 bits per heavy atom. The van der Waals surface area contributed by atoms with Crippen LogP contribution in [-0.4, -0.2) is 55.5 Å². The first kappa shape index (κ1) is 16.3. The second-order valence-corrected chi connectivity index (χ2v) is 7.37. The Balaban J connectivity index is 1.76. The Bertz CT molecular complexity index is 637. The summed E-state index contributed by atoms with van der Waals surface area (Å²) in [6.45, 7) is 4.13. The van der Waals surface area contributed by atoms with Gasteiger partial charge in [0.2, 0.25) is 0 Å². The molecule has 2 aliphatic rings. The monoisotopic (exact) mass is 350 g/mol. The molecule has 1 amide bonds. The fourth-order valence-electron chi connectivity index (χ4n) is 2.61. The van der Waals surface area contributed by atoms with Gasteiger partial charge in [0, 0.05) is 6.20 Å². The zero-order valence-corrected chi connectivity index (χ0v) is 14.9. The van der Waals surface area contributed by atoms with Crippen molar-refractivity contribution in [1.29, 1.82) is 0 Å². The number of thiocarbonyl (C=S) groups is 1. The molecule has 2 aliphatic heterocycles. The Labute approximate surface area is 145 Å². The van der Waals surface area contributed by atoms with Crippen LogP contribution < -0.4 is 14.5 Å². The van der Waals surface area contributed by atoms with Gasteiger partial charge >= 0.3 is 0 Å². The first-order valence-electron chi connectivity index (χ1n) is 7.56. The minimum Gasteiger partial charge on any atom is -0.497 e. The van der Waals surface area contributed by atoms with Crippen molar-refractivity contribution in [3.63, 3.8) is 0 Å². The molecule has 23 heavy (non-hydrogen) atoms. The number of carbonyl (C=O) groups is 1. The number of hydrogen-bond acceptors (Lipinski definition) is 5. The van der Waals surface area contributed by atoms with E-state index in [4.69, 9.17) is 17.0 Å². The standard InChI is InChI=1S/C16H19N3O2S2/c1-17-7-9-18(10-8-17)11-14-15(20)19(16(22)23-14)12-3-5-13(21-2)6-4-12/h3-6,11H,7-10H2,1-2H3/p+1/b14-11+. The van der Waals surface area contributed by atoms with Crippen molar-refractivity contribution in [3.8, 4) is 5.75 Å². The maximum Gasteiger partial charge on any atom is 0.272 e. The number of nitrogens with one attached hydrogen (secondary N) is 1. The number of quaternary nitrogens is 1. The SMILES string of the molecule is COc1ccc(N2C(=O)/C(=C\N3CC[NH+](C)CC3)SC2=S)cc1. The molecule has 7 heteroatoms. The predicted molar refractivity (Wildman–Crippen MR) is 96.9 cm³/mol. The number of hydrogen-bond donors (Lipinski definition) is 1. The second-order valence-electron chi connectivity index (χ2n) is 5.69. The van der Waals surface area contributed by atoms with Crippen LogP contribution in [0.3, 0.4) is 0 Å². The molecule has 0 atom stereocenters. The lowest BCUT2D eigenvalue weighted by Gasteiger charge is -2.29. The molecular weight excluding hydrogens is 330 g/mol. The van der Waals surface area contributed by atoms with Gasteiger partial charge in [-0.1, -0.05) is 24.0 Å². The number of anilines is 1. The molecule has 2 fully saturated rings. The van der Waals surface area contributed by atoms with Crippen LogP contribution in [0.15, 0.2) is 35.4 Å². The summed E-state index contributed by atoms with van der Waals surface area (Å²) in [6, 6.07) is 7.37. The van der Waals surface area contributed by atoms with E-state index in [1.54, 1.807) is 12.0 Å². The molecular formula is C16H20N3O2S2+. The Morgan fingerprint density at radius 3 is 2.52 bits per heavy atom. The van der Waals surface area contributed by atoms with Gasteiger partial charge in [-0.3, -0.25) is 9.69 Å². The third-order valence-electron chi connectivity index (χ3n) is 4.08. The van der Waals surface area contributed by atoms with Crippen LogP contribution in [0.4, 0.5) is 5.69 Å². The number of thioether (sulfide) groups is 1. The number of rotatable bonds is 3. The van der Waals surface area contributed by atoms with Crippen LogP contribution in [0, 0.1) is 0 Å². The Morgan fingerprint density at radius 1 is 1.26 bits per heavy atom. The Hall–Kier alpha value is -1.57. The van der Waals surface area contributed by atoms with Crippen molar-refractivity contribution in [2.24, 2.45) is 0 Å². The van der Waals surface area contributed by atoms with Gasteiger partial charge in [-0.2, -0.15) is 0 Å². The molecule has 2 heterocycles. The lowest BCUT2D eigenvalue weighted by molar-refractivity contribution is -0.883. The molecule has 5 nitrogen and oxygen atoms in total. The number of nitrogens with zero attached hydrogens (tertiary/aromatic N) is 2. The lowest BCUT2D eigenvalue weighted by atomic mass is 10.2. The summed E-state index contributed by atoms with van der Waals surface area (Å²) in [5.41, 5.74) is 0.777. The van der Waals surface area contributed by atoms with Gasteiger partial charge in [0.05, 0.1) is 50.9 Å². The normalized spacial score (nSPS) is 21.4. The molecule has 0 radical (unpaired) electrons. The number of carbonyl (C=O) groups excluding carboxylic acids is 1. The third-order valence-corrected chi connectivity index (χ3v) is 5.37. The molecule has 1 aromatic carbocycles. The molecule has 1 aromatic rings. The van der Waals surface area contributed by atoms with Gasteiger partial charge < -0.3 is 14.5 Å². The first-order valence-corrected chi connectivity index (χ1v) is 8.78. The van der Waals surface area contributed by atoms with E-state index < -0.39 is 0 Å². The van der Waals surface area contributed by atoms with Crippen LogP contribution in [0.2, 0.25) is 0 Å². The fourth-order valence-corrected chi connectivity index (χ4v) is 3.92. The minimum absolute atomic E-state index is 0.0450. The summed E-state index contributed by atoms with van der Waals surface area (Å²) in [6.07, 6.45) is 1.97. The number of likely N-dealkylation sites (N-methyl/N-ethyl adjacent to an activating group) is 1. The highest BCUT2D eigenvalue weighted by Gasteiger charge is 2.34. The third kappa shape index (κ3) is 3.52. The number of amides is 1. The van der Waals surface area contributed by atoms with E-state index in [2.05, 4.69) is 11.9 Å². The van der Waals surface area contributed by atoms with Gasteiger partial charge in [-0.15, -0.1) is 0 Å².